The Morgan fingerprint density at radius 3 is 2.85 bits per heavy atom. The van der Waals surface area contributed by atoms with Gasteiger partial charge in [0.2, 0.25) is 0 Å². The minimum absolute atomic E-state index is 0.0833. The first-order chi connectivity index (χ1) is 6.16. The summed E-state index contributed by atoms with van der Waals surface area (Å²) in [5.41, 5.74) is 7.22. The molecule has 1 rings (SSSR count). The van der Waals surface area contributed by atoms with Crippen LogP contribution in [0.5, 0.6) is 0 Å². The van der Waals surface area contributed by atoms with Gasteiger partial charge in [0.25, 0.3) is 0 Å². The highest BCUT2D eigenvalue weighted by Gasteiger charge is 2.07. The summed E-state index contributed by atoms with van der Waals surface area (Å²) < 4.78 is 11.5. The van der Waals surface area contributed by atoms with Crippen molar-refractivity contribution in [1.82, 2.24) is 0 Å². The Labute approximate surface area is 80.0 Å². The number of para-hydroxylation sites is 1. The normalized spacial score (nSPS) is 12.8. The highest BCUT2D eigenvalue weighted by Crippen LogP contribution is 2.19. The largest absolute Gasteiger partial charge is 0.398 e. The van der Waals surface area contributed by atoms with E-state index in [1.54, 1.807) is 6.07 Å². The molecule has 0 amide bonds. The third-order valence-electron chi connectivity index (χ3n) is 1.81. The van der Waals surface area contributed by atoms with Gasteiger partial charge in [-0.05, 0) is 18.6 Å². The van der Waals surface area contributed by atoms with Crippen LogP contribution in [0.25, 0.3) is 0 Å². The average Bonchev–Trinajstić information content (AvgIpc) is 2.10. The van der Waals surface area contributed by atoms with Gasteiger partial charge in [-0.3, -0.25) is 4.21 Å². The zero-order valence-corrected chi connectivity index (χ0v) is 8.30. The second-order valence-electron chi connectivity index (χ2n) is 2.76. The first kappa shape index (κ1) is 10.2. The quantitative estimate of drug-likeness (QED) is 0.703. The number of rotatable bonds is 3. The molecule has 4 heteroatoms. The van der Waals surface area contributed by atoms with Gasteiger partial charge in [-0.25, -0.2) is 0 Å². The van der Waals surface area contributed by atoms with Crippen molar-refractivity contribution in [2.24, 2.45) is 0 Å². The van der Waals surface area contributed by atoms with Crippen molar-refractivity contribution in [3.8, 4) is 0 Å². The lowest BCUT2D eigenvalue weighted by Crippen LogP contribution is -2.05. The minimum Gasteiger partial charge on any atom is -0.398 e. The molecule has 1 atom stereocenters. The highest BCUT2D eigenvalue weighted by atomic mass is 32.2. The first-order valence-electron chi connectivity index (χ1n) is 4.01. The van der Waals surface area contributed by atoms with Crippen LogP contribution in [0.15, 0.2) is 23.1 Å². The number of hydrogen-bond acceptors (Lipinski definition) is 3. The third-order valence-corrected chi connectivity index (χ3v) is 3.21. The van der Waals surface area contributed by atoms with Crippen LogP contribution >= 0.6 is 0 Å². The van der Waals surface area contributed by atoms with E-state index in [1.165, 1.54) is 0 Å². The van der Waals surface area contributed by atoms with Crippen molar-refractivity contribution < 1.29 is 9.32 Å². The number of nitrogens with two attached hydrogens (primary N) is 1. The summed E-state index contributed by atoms with van der Waals surface area (Å²) in [6.45, 7) is 1.79. The smallest absolute Gasteiger partial charge is 0.0620 e. The summed E-state index contributed by atoms with van der Waals surface area (Å²) in [7, 11) is -1.18. The van der Waals surface area contributed by atoms with Gasteiger partial charge in [0.15, 0.2) is 0 Å². The predicted molar refractivity (Wildman–Crippen MR) is 54.0 cm³/mol. The molecule has 0 aliphatic rings. The van der Waals surface area contributed by atoms with E-state index in [4.69, 9.17) is 10.8 Å². The van der Waals surface area contributed by atoms with Gasteiger partial charge >= 0.3 is 0 Å². The van der Waals surface area contributed by atoms with Crippen molar-refractivity contribution in [1.29, 1.82) is 0 Å². The van der Waals surface area contributed by atoms with E-state index >= 15 is 0 Å². The van der Waals surface area contributed by atoms with Crippen molar-refractivity contribution >= 4 is 16.5 Å². The van der Waals surface area contributed by atoms with E-state index in [1.807, 2.05) is 19.1 Å². The van der Waals surface area contributed by atoms with Gasteiger partial charge in [-0.15, -0.1) is 0 Å². The monoisotopic (exact) mass is 199 g/mol. The first-order valence-corrected chi connectivity index (χ1v) is 5.33. The Hall–Kier alpha value is -0.870. The molecule has 3 nitrogen and oxygen atoms in total. The lowest BCUT2D eigenvalue weighted by Gasteiger charge is -2.06. The molecule has 1 aromatic rings. The molecule has 0 bridgehead atoms. The summed E-state index contributed by atoms with van der Waals surface area (Å²) in [4.78, 5) is 0.619. The van der Waals surface area contributed by atoms with Crippen LogP contribution in [0.2, 0.25) is 0 Å². The number of nitrogen functional groups attached to an aromatic ring is 1. The Bertz CT molecular complexity index is 325. The molecule has 0 saturated carbocycles. The van der Waals surface area contributed by atoms with Gasteiger partial charge < -0.3 is 10.8 Å². The summed E-state index contributed by atoms with van der Waals surface area (Å²) >= 11 is 0. The van der Waals surface area contributed by atoms with Crippen LogP contribution in [0.3, 0.4) is 0 Å². The lowest BCUT2D eigenvalue weighted by atomic mass is 10.2. The molecule has 0 aliphatic heterocycles. The van der Waals surface area contributed by atoms with E-state index in [0.717, 1.165) is 5.56 Å². The van der Waals surface area contributed by atoms with E-state index < -0.39 is 10.8 Å². The van der Waals surface area contributed by atoms with Gasteiger partial charge in [0.05, 0.1) is 33.7 Å². The number of aliphatic hydroxyl groups is 1. The molecular formula is C9H13NO2S. The molecule has 1 aromatic carbocycles. The standard InChI is InChI=1S/C9H13NO2S/c1-7-3-2-4-8(9(7)10)13(12)6-5-11/h2-4,11H,5-6,10H2,1H3. The fourth-order valence-electron chi connectivity index (χ4n) is 1.05. The van der Waals surface area contributed by atoms with Crippen LogP contribution in [-0.4, -0.2) is 21.7 Å². The number of hydrogen-bond donors (Lipinski definition) is 2. The fraction of sp³-hybridized carbons (Fsp3) is 0.333. The van der Waals surface area contributed by atoms with E-state index in [0.29, 0.717) is 10.6 Å². The van der Waals surface area contributed by atoms with Gasteiger partial charge in [-0.2, -0.15) is 0 Å². The van der Waals surface area contributed by atoms with E-state index in [9.17, 15) is 4.21 Å². The van der Waals surface area contributed by atoms with Crippen LogP contribution < -0.4 is 5.73 Å². The Morgan fingerprint density at radius 2 is 2.23 bits per heavy atom. The summed E-state index contributed by atoms with van der Waals surface area (Å²) in [5.74, 6) is 0.244. The minimum atomic E-state index is -1.18. The molecule has 1 unspecified atom stereocenters. The second kappa shape index (κ2) is 4.39. The van der Waals surface area contributed by atoms with Crippen molar-refractivity contribution in [3.05, 3.63) is 23.8 Å². The van der Waals surface area contributed by atoms with Crippen molar-refractivity contribution in [3.63, 3.8) is 0 Å². The van der Waals surface area contributed by atoms with Crippen LogP contribution in [-0.2, 0) is 10.8 Å². The lowest BCUT2D eigenvalue weighted by molar-refractivity contribution is 0.321. The maximum atomic E-state index is 11.5. The topological polar surface area (TPSA) is 63.3 Å². The van der Waals surface area contributed by atoms with Gasteiger partial charge in [0, 0.05) is 0 Å². The Morgan fingerprint density at radius 1 is 1.54 bits per heavy atom. The van der Waals surface area contributed by atoms with Crippen molar-refractivity contribution in [2.75, 3.05) is 18.1 Å². The Kier molecular flexibility index (Phi) is 3.45. The molecule has 3 N–H and O–H groups in total. The van der Waals surface area contributed by atoms with Gasteiger partial charge in [0.1, 0.15) is 0 Å². The number of aliphatic hydroxyl groups excluding tert-OH is 1. The predicted octanol–water partition coefficient (Wildman–Crippen LogP) is 0.677. The van der Waals surface area contributed by atoms with Gasteiger partial charge in [-0.1, -0.05) is 12.1 Å². The Balaban J connectivity index is 3.01. The summed E-state index contributed by atoms with van der Waals surface area (Å²) in [6, 6.07) is 5.42. The maximum Gasteiger partial charge on any atom is 0.0620 e. The molecule has 0 spiro atoms. The molecule has 0 fully saturated rings. The summed E-state index contributed by atoms with van der Waals surface area (Å²) in [5, 5.41) is 8.62. The third kappa shape index (κ3) is 2.29. The fourth-order valence-corrected chi connectivity index (χ4v) is 2.07. The molecular weight excluding hydrogens is 186 g/mol. The van der Waals surface area contributed by atoms with Crippen LogP contribution in [0.1, 0.15) is 5.56 Å². The average molecular weight is 199 g/mol. The molecule has 0 aromatic heterocycles. The molecule has 72 valence electrons. The zero-order chi connectivity index (χ0) is 9.84. The molecule has 0 aliphatic carbocycles. The zero-order valence-electron chi connectivity index (χ0n) is 7.49. The van der Waals surface area contributed by atoms with E-state index in [2.05, 4.69) is 0 Å². The maximum absolute atomic E-state index is 11.5. The molecule has 0 radical (unpaired) electrons. The molecule has 0 saturated heterocycles. The molecule has 13 heavy (non-hydrogen) atoms. The van der Waals surface area contributed by atoms with E-state index in [-0.39, 0.29) is 12.4 Å². The highest BCUT2D eigenvalue weighted by molar-refractivity contribution is 7.85. The SMILES string of the molecule is Cc1cccc(S(=O)CCO)c1N. The van der Waals surface area contributed by atoms with Crippen LogP contribution in [0, 0.1) is 6.92 Å². The second-order valence-corrected chi connectivity index (χ2v) is 4.30. The molecule has 0 heterocycles. The number of anilines is 1. The van der Waals surface area contributed by atoms with Crippen LogP contribution in [0.4, 0.5) is 5.69 Å². The summed E-state index contributed by atoms with van der Waals surface area (Å²) in [6.07, 6.45) is 0. The number of aryl methyl sites for hydroxylation is 1. The number of benzene rings is 1. The van der Waals surface area contributed by atoms with Crippen molar-refractivity contribution in [2.45, 2.75) is 11.8 Å².